The van der Waals surface area contributed by atoms with E-state index in [9.17, 15) is 13.2 Å². The summed E-state index contributed by atoms with van der Waals surface area (Å²) in [5.41, 5.74) is -0.0274. The summed E-state index contributed by atoms with van der Waals surface area (Å²) in [6, 6.07) is 6.15. The van der Waals surface area contributed by atoms with Crippen LogP contribution in [0.25, 0.3) is 0 Å². The zero-order valence-electron chi connectivity index (χ0n) is 15.2. The summed E-state index contributed by atoms with van der Waals surface area (Å²) in [6.07, 6.45) is 0.995. The van der Waals surface area contributed by atoms with Crippen LogP contribution in [-0.4, -0.2) is 51.4 Å². The van der Waals surface area contributed by atoms with Crippen molar-refractivity contribution in [1.82, 2.24) is 14.9 Å². The van der Waals surface area contributed by atoms with Crippen molar-refractivity contribution >= 4 is 28.3 Å². The second-order valence-electron chi connectivity index (χ2n) is 7.34. The first-order valence-corrected chi connectivity index (χ1v) is 9.68. The van der Waals surface area contributed by atoms with Crippen LogP contribution in [0.2, 0.25) is 0 Å². The maximum Gasteiger partial charge on any atom is 0.253 e. The van der Waals surface area contributed by atoms with Gasteiger partial charge in [0.15, 0.2) is 0 Å². The van der Waals surface area contributed by atoms with Crippen LogP contribution in [0.4, 0.5) is 0 Å². The van der Waals surface area contributed by atoms with Gasteiger partial charge in [-0.05, 0) is 71.0 Å². The van der Waals surface area contributed by atoms with Gasteiger partial charge >= 0.3 is 0 Å². The first-order chi connectivity index (χ1) is 11.1. The monoisotopic (exact) mass is 389 g/mol. The van der Waals surface area contributed by atoms with E-state index in [1.807, 2.05) is 11.9 Å². The highest BCUT2D eigenvalue weighted by atomic mass is 35.5. The highest BCUT2D eigenvalue weighted by Crippen LogP contribution is 2.19. The fourth-order valence-corrected chi connectivity index (χ4v) is 4.31. The molecule has 1 fully saturated rings. The van der Waals surface area contributed by atoms with Crippen LogP contribution in [0.3, 0.4) is 0 Å². The van der Waals surface area contributed by atoms with E-state index < -0.39 is 15.6 Å². The molecule has 1 unspecified atom stereocenters. The van der Waals surface area contributed by atoms with Gasteiger partial charge in [-0.3, -0.25) is 4.79 Å². The number of nitrogens with zero attached hydrogens (tertiary/aromatic N) is 1. The molecule has 1 aromatic carbocycles. The summed E-state index contributed by atoms with van der Waals surface area (Å²) in [4.78, 5) is 14.5. The molecule has 1 heterocycles. The zero-order valence-corrected chi connectivity index (χ0v) is 16.8. The number of hydrogen-bond acceptors (Lipinski definition) is 4. The summed E-state index contributed by atoms with van der Waals surface area (Å²) in [7, 11) is -1.67. The predicted molar refractivity (Wildman–Crippen MR) is 102 cm³/mol. The highest BCUT2D eigenvalue weighted by molar-refractivity contribution is 7.89. The van der Waals surface area contributed by atoms with Gasteiger partial charge in [0.25, 0.3) is 5.91 Å². The topological polar surface area (TPSA) is 78.5 Å². The second kappa shape index (κ2) is 8.49. The van der Waals surface area contributed by atoms with Crippen molar-refractivity contribution in [1.29, 1.82) is 0 Å². The average molecular weight is 390 g/mol. The summed E-state index contributed by atoms with van der Waals surface area (Å²) in [5.74, 6) is 0.441. The Kier molecular flexibility index (Phi) is 7.43. The maximum absolute atomic E-state index is 12.5. The molecule has 1 amide bonds. The van der Waals surface area contributed by atoms with Gasteiger partial charge in [0, 0.05) is 24.2 Å². The van der Waals surface area contributed by atoms with Crippen molar-refractivity contribution in [2.24, 2.45) is 5.92 Å². The largest absolute Gasteiger partial charge is 0.338 e. The smallest absolute Gasteiger partial charge is 0.253 e. The van der Waals surface area contributed by atoms with E-state index in [0.717, 1.165) is 26.1 Å². The molecule has 1 saturated heterocycles. The van der Waals surface area contributed by atoms with Gasteiger partial charge in [-0.2, -0.15) is 0 Å². The minimum atomic E-state index is -3.58. The number of carbonyl (C=O) groups is 1. The van der Waals surface area contributed by atoms with Crippen LogP contribution in [0.1, 0.15) is 37.6 Å². The summed E-state index contributed by atoms with van der Waals surface area (Å²) < 4.78 is 27.2. The molecule has 0 saturated carbocycles. The molecule has 142 valence electrons. The van der Waals surface area contributed by atoms with Gasteiger partial charge in [-0.15, -0.1) is 12.4 Å². The molecule has 0 aromatic heterocycles. The van der Waals surface area contributed by atoms with Gasteiger partial charge < -0.3 is 10.2 Å². The molecular formula is C17H28ClN3O3S. The van der Waals surface area contributed by atoms with E-state index in [2.05, 4.69) is 10.0 Å². The Bertz CT molecular complexity index is 684. The average Bonchev–Trinajstić information content (AvgIpc) is 2.93. The van der Waals surface area contributed by atoms with Crippen molar-refractivity contribution in [3.63, 3.8) is 0 Å². The molecule has 6 nitrogen and oxygen atoms in total. The van der Waals surface area contributed by atoms with E-state index in [1.165, 1.54) is 12.1 Å². The molecule has 8 heteroatoms. The lowest BCUT2D eigenvalue weighted by Crippen LogP contribution is -2.40. The van der Waals surface area contributed by atoms with Crippen LogP contribution in [0, 0.1) is 5.92 Å². The van der Waals surface area contributed by atoms with Crippen molar-refractivity contribution in [2.75, 3.05) is 26.7 Å². The number of hydrogen-bond donors (Lipinski definition) is 2. The fourth-order valence-electron chi connectivity index (χ4n) is 2.89. The summed E-state index contributed by atoms with van der Waals surface area (Å²) >= 11 is 0. The molecule has 1 aliphatic rings. The van der Waals surface area contributed by atoms with Crippen molar-refractivity contribution in [2.45, 2.75) is 37.6 Å². The van der Waals surface area contributed by atoms with Crippen molar-refractivity contribution < 1.29 is 13.2 Å². The standard InChI is InChI=1S/C17H27N3O3S.ClH/c1-17(2,3)19-24(22,23)15-7-5-14(6-8-15)16(21)20-10-9-13(12-20)11-18-4;/h5-8,13,18-19H,9-12H2,1-4H3;1H. The molecule has 0 bridgehead atoms. The van der Waals surface area contributed by atoms with Gasteiger partial charge in [0.1, 0.15) is 0 Å². The quantitative estimate of drug-likeness (QED) is 0.805. The number of likely N-dealkylation sites (tertiary alicyclic amines) is 1. The van der Waals surface area contributed by atoms with Crippen LogP contribution in [0.15, 0.2) is 29.2 Å². The molecule has 1 aliphatic heterocycles. The number of carbonyl (C=O) groups excluding carboxylic acids is 1. The molecule has 0 radical (unpaired) electrons. The first kappa shape index (κ1) is 21.9. The van der Waals surface area contributed by atoms with E-state index >= 15 is 0 Å². The summed E-state index contributed by atoms with van der Waals surface area (Å²) in [5, 5.41) is 3.14. The Labute approximate surface area is 156 Å². The fraction of sp³-hybridized carbons (Fsp3) is 0.588. The van der Waals surface area contributed by atoms with Crippen molar-refractivity contribution in [3.05, 3.63) is 29.8 Å². The lowest BCUT2D eigenvalue weighted by Gasteiger charge is -2.20. The molecule has 1 aromatic rings. The zero-order chi connectivity index (χ0) is 18.0. The SMILES string of the molecule is CNCC1CCN(C(=O)c2ccc(S(=O)(=O)NC(C)(C)C)cc2)C1.Cl. The number of benzene rings is 1. The van der Waals surface area contributed by atoms with Crippen LogP contribution in [0.5, 0.6) is 0 Å². The van der Waals surface area contributed by atoms with Crippen LogP contribution < -0.4 is 10.0 Å². The lowest BCUT2D eigenvalue weighted by atomic mass is 10.1. The predicted octanol–water partition coefficient (Wildman–Crippen LogP) is 1.87. The molecule has 0 spiro atoms. The summed E-state index contributed by atoms with van der Waals surface area (Å²) in [6.45, 7) is 7.76. The molecule has 2 rings (SSSR count). The lowest BCUT2D eigenvalue weighted by molar-refractivity contribution is 0.0787. The van der Waals surface area contributed by atoms with E-state index in [4.69, 9.17) is 0 Å². The Morgan fingerprint density at radius 2 is 1.84 bits per heavy atom. The third-order valence-electron chi connectivity index (χ3n) is 3.92. The number of amides is 1. The van der Waals surface area contributed by atoms with Crippen molar-refractivity contribution in [3.8, 4) is 0 Å². The van der Waals surface area contributed by atoms with Gasteiger partial charge in [-0.1, -0.05) is 0 Å². The van der Waals surface area contributed by atoms with E-state index in [1.54, 1.807) is 32.9 Å². The normalized spacial score (nSPS) is 18.1. The van der Waals surface area contributed by atoms with Gasteiger partial charge in [0.05, 0.1) is 4.90 Å². The minimum Gasteiger partial charge on any atom is -0.338 e. The maximum atomic E-state index is 12.5. The van der Waals surface area contributed by atoms with Gasteiger partial charge in [0.2, 0.25) is 10.0 Å². The molecule has 2 N–H and O–H groups in total. The Morgan fingerprint density at radius 1 is 1.24 bits per heavy atom. The number of halogens is 1. The Morgan fingerprint density at radius 3 is 2.36 bits per heavy atom. The van der Waals surface area contributed by atoms with E-state index in [0.29, 0.717) is 11.5 Å². The molecule has 1 atom stereocenters. The van der Waals surface area contributed by atoms with Gasteiger partial charge in [-0.25, -0.2) is 13.1 Å². The van der Waals surface area contributed by atoms with E-state index in [-0.39, 0.29) is 23.2 Å². The third kappa shape index (κ3) is 5.95. The third-order valence-corrected chi connectivity index (χ3v) is 5.69. The number of nitrogens with one attached hydrogen (secondary N) is 2. The Balaban J connectivity index is 0.00000312. The van der Waals surface area contributed by atoms with Crippen LogP contribution in [-0.2, 0) is 10.0 Å². The minimum absolute atomic E-state index is 0. The van der Waals surface area contributed by atoms with Crippen LogP contribution >= 0.6 is 12.4 Å². The molecular weight excluding hydrogens is 362 g/mol. The Hall–Kier alpha value is -1.15. The number of sulfonamides is 1. The highest BCUT2D eigenvalue weighted by Gasteiger charge is 2.27. The number of rotatable bonds is 5. The molecule has 25 heavy (non-hydrogen) atoms. The first-order valence-electron chi connectivity index (χ1n) is 8.20. The molecule has 0 aliphatic carbocycles. The second-order valence-corrected chi connectivity index (χ2v) is 9.03.